The monoisotopic (exact) mass is 424 g/mol. The lowest BCUT2D eigenvalue weighted by atomic mass is 9.52. The van der Waals surface area contributed by atoms with E-state index in [1.54, 1.807) is 0 Å². The van der Waals surface area contributed by atoms with E-state index in [0.29, 0.717) is 29.0 Å². The van der Waals surface area contributed by atoms with Crippen LogP contribution in [0.2, 0.25) is 0 Å². The van der Waals surface area contributed by atoms with Crippen LogP contribution in [0.4, 0.5) is 10.5 Å². The summed E-state index contributed by atoms with van der Waals surface area (Å²) in [4.78, 5) is 64.1. The largest absolute Gasteiger partial charge is 0.366 e. The van der Waals surface area contributed by atoms with Gasteiger partial charge in [-0.1, -0.05) is 0 Å². The Bertz CT molecular complexity index is 966. The molecule has 5 fully saturated rings. The fraction of sp³-hybridized carbons (Fsp3) is 0.500. The number of nitrogens with one attached hydrogen (secondary N) is 1. The second-order valence-electron chi connectivity index (χ2n) is 9.45. The molecule has 4 saturated carbocycles. The van der Waals surface area contributed by atoms with Crippen molar-refractivity contribution in [3.8, 4) is 0 Å². The molecule has 31 heavy (non-hydrogen) atoms. The number of benzene rings is 1. The van der Waals surface area contributed by atoms with Crippen molar-refractivity contribution >= 4 is 35.3 Å². The molecule has 6 amide bonds. The number of imide groups is 2. The van der Waals surface area contributed by atoms with Gasteiger partial charge < -0.3 is 11.1 Å². The zero-order valence-corrected chi connectivity index (χ0v) is 17.0. The van der Waals surface area contributed by atoms with Crippen LogP contribution < -0.4 is 11.1 Å². The van der Waals surface area contributed by atoms with Crippen molar-refractivity contribution in [3.63, 3.8) is 0 Å². The predicted octanol–water partition coefficient (Wildman–Crippen LogP) is 1.48. The summed E-state index contributed by atoms with van der Waals surface area (Å²) in [5.74, 6) is -1.44. The van der Waals surface area contributed by atoms with E-state index in [9.17, 15) is 24.0 Å². The first kappa shape index (κ1) is 19.7. The quantitative estimate of drug-likeness (QED) is 0.546. The molecule has 0 unspecified atom stereocenters. The van der Waals surface area contributed by atoms with Crippen molar-refractivity contribution in [2.45, 2.75) is 44.1 Å². The fourth-order valence-electron chi connectivity index (χ4n) is 6.46. The zero-order valence-electron chi connectivity index (χ0n) is 17.0. The van der Waals surface area contributed by atoms with Crippen molar-refractivity contribution in [2.24, 2.45) is 23.5 Å². The topological polar surface area (TPSA) is 130 Å². The molecule has 4 aliphatic carbocycles. The molecule has 1 saturated heterocycles. The summed E-state index contributed by atoms with van der Waals surface area (Å²) in [7, 11) is 0. The Balaban J connectivity index is 1.30. The maximum absolute atomic E-state index is 13.1. The molecule has 5 aliphatic rings. The number of nitrogens with two attached hydrogens (primary N) is 1. The molecule has 9 nitrogen and oxygen atoms in total. The summed E-state index contributed by atoms with van der Waals surface area (Å²) in [6.45, 7) is -0.538. The molecule has 0 radical (unpaired) electrons. The van der Waals surface area contributed by atoms with Gasteiger partial charge in [-0.2, -0.15) is 0 Å². The summed E-state index contributed by atoms with van der Waals surface area (Å²) in [5.41, 5.74) is 5.30. The van der Waals surface area contributed by atoms with Crippen molar-refractivity contribution in [1.82, 2.24) is 9.80 Å². The molecule has 3 N–H and O–H groups in total. The van der Waals surface area contributed by atoms with Crippen molar-refractivity contribution in [1.29, 1.82) is 0 Å². The Hall–Kier alpha value is -3.23. The number of amides is 6. The molecule has 162 valence electrons. The van der Waals surface area contributed by atoms with Gasteiger partial charge in [0, 0.05) is 11.3 Å². The Kier molecular flexibility index (Phi) is 4.39. The molecule has 0 aromatic heterocycles. The molecule has 0 spiro atoms. The minimum atomic E-state index is -0.944. The molecule has 4 bridgehead atoms. The summed E-state index contributed by atoms with van der Waals surface area (Å²) in [6.07, 6.45) is 5.71. The van der Waals surface area contributed by atoms with Gasteiger partial charge in [-0.15, -0.1) is 0 Å². The first-order chi connectivity index (χ1) is 14.8. The van der Waals surface area contributed by atoms with Crippen molar-refractivity contribution in [3.05, 3.63) is 29.8 Å². The van der Waals surface area contributed by atoms with Crippen molar-refractivity contribution < 1.29 is 24.0 Å². The lowest BCUT2D eigenvalue weighted by Gasteiger charge is -2.58. The Morgan fingerprint density at radius 1 is 0.935 bits per heavy atom. The van der Waals surface area contributed by atoms with E-state index in [0.717, 1.165) is 43.4 Å². The van der Waals surface area contributed by atoms with Gasteiger partial charge in [0.05, 0.1) is 5.54 Å². The van der Waals surface area contributed by atoms with E-state index >= 15 is 0 Å². The second kappa shape index (κ2) is 6.90. The highest BCUT2D eigenvalue weighted by Crippen LogP contribution is 2.58. The third kappa shape index (κ3) is 3.19. The highest BCUT2D eigenvalue weighted by atomic mass is 16.2. The van der Waals surface area contributed by atoms with E-state index in [2.05, 4.69) is 5.32 Å². The molecule has 6 rings (SSSR count). The first-order valence-electron chi connectivity index (χ1n) is 10.7. The molecule has 1 aromatic carbocycles. The maximum Gasteiger partial charge on any atom is 0.335 e. The van der Waals surface area contributed by atoms with Crippen LogP contribution in [0.15, 0.2) is 24.3 Å². The van der Waals surface area contributed by atoms with Crippen LogP contribution in [0.3, 0.4) is 0 Å². The SMILES string of the molecule is NC(=O)c1ccc(NC(=O)CN2C(=O)C(=O)N(C34CC5CC(CC(C5)C3)C4)C2=O)cc1. The van der Waals surface area contributed by atoms with E-state index in [1.807, 2.05) is 0 Å². The Morgan fingerprint density at radius 2 is 1.48 bits per heavy atom. The van der Waals surface area contributed by atoms with Gasteiger partial charge in [-0.05, 0) is 80.5 Å². The molecule has 0 atom stereocenters. The predicted molar refractivity (Wildman–Crippen MR) is 108 cm³/mol. The second-order valence-corrected chi connectivity index (χ2v) is 9.45. The average Bonchev–Trinajstić information content (AvgIpc) is 2.91. The van der Waals surface area contributed by atoms with Gasteiger partial charge in [-0.25, -0.2) is 14.6 Å². The lowest BCUT2D eigenvalue weighted by Crippen LogP contribution is -2.62. The number of nitrogens with zero attached hydrogens (tertiary/aromatic N) is 2. The van der Waals surface area contributed by atoms with E-state index in [1.165, 1.54) is 29.2 Å². The smallest absolute Gasteiger partial charge is 0.335 e. The molecule has 1 heterocycles. The molecule has 1 aliphatic heterocycles. The summed E-state index contributed by atoms with van der Waals surface area (Å²) >= 11 is 0. The van der Waals surface area contributed by atoms with Crippen LogP contribution in [-0.2, 0) is 14.4 Å². The van der Waals surface area contributed by atoms with Crippen LogP contribution in [-0.4, -0.2) is 51.5 Å². The first-order valence-corrected chi connectivity index (χ1v) is 10.7. The minimum Gasteiger partial charge on any atom is -0.366 e. The molecular formula is C22H24N4O5. The third-order valence-electron chi connectivity index (χ3n) is 7.29. The van der Waals surface area contributed by atoms with Crippen LogP contribution in [0.5, 0.6) is 0 Å². The minimum absolute atomic E-state index is 0.291. The Labute approximate surface area is 178 Å². The normalized spacial score (nSPS) is 31.5. The number of anilines is 1. The zero-order chi connectivity index (χ0) is 21.9. The highest BCUT2D eigenvalue weighted by Gasteiger charge is 2.61. The van der Waals surface area contributed by atoms with Crippen LogP contribution >= 0.6 is 0 Å². The number of rotatable bonds is 5. The van der Waals surface area contributed by atoms with Crippen LogP contribution in [0.1, 0.15) is 48.9 Å². The van der Waals surface area contributed by atoms with E-state index in [4.69, 9.17) is 5.73 Å². The van der Waals surface area contributed by atoms with Crippen LogP contribution in [0, 0.1) is 17.8 Å². The Morgan fingerprint density at radius 3 is 2.00 bits per heavy atom. The number of hydrogen-bond acceptors (Lipinski definition) is 5. The number of carbonyl (C=O) groups is 5. The average molecular weight is 424 g/mol. The van der Waals surface area contributed by atoms with E-state index < -0.39 is 41.7 Å². The number of urea groups is 1. The molecular weight excluding hydrogens is 400 g/mol. The van der Waals surface area contributed by atoms with Gasteiger partial charge in [0.1, 0.15) is 6.54 Å². The van der Waals surface area contributed by atoms with Gasteiger partial charge >= 0.3 is 17.8 Å². The van der Waals surface area contributed by atoms with Crippen molar-refractivity contribution in [2.75, 3.05) is 11.9 Å². The summed E-state index contributed by atoms with van der Waals surface area (Å²) < 4.78 is 0. The molecule has 9 heteroatoms. The number of primary amides is 1. The number of hydrogen-bond donors (Lipinski definition) is 2. The fourth-order valence-corrected chi connectivity index (χ4v) is 6.46. The summed E-state index contributed by atoms with van der Waals surface area (Å²) in [5, 5.41) is 2.57. The highest BCUT2D eigenvalue weighted by molar-refractivity contribution is 6.45. The third-order valence-corrected chi connectivity index (χ3v) is 7.29. The summed E-state index contributed by atoms with van der Waals surface area (Å²) in [6, 6.07) is 5.23. The molecule has 1 aromatic rings. The van der Waals surface area contributed by atoms with Gasteiger partial charge in [0.25, 0.3) is 0 Å². The van der Waals surface area contributed by atoms with E-state index in [-0.39, 0.29) is 0 Å². The lowest BCUT2D eigenvalue weighted by molar-refractivity contribution is -0.150. The standard InChI is InChI=1S/C22H24N4O5/c23-18(28)15-1-3-16(4-2-15)24-17(27)11-25-19(29)20(30)26(21(25)31)22-8-12-5-13(9-22)7-14(6-12)10-22/h1-4,12-14H,5-11H2,(H2,23,28)(H,24,27). The van der Waals surface area contributed by atoms with Crippen LogP contribution in [0.25, 0.3) is 0 Å². The van der Waals surface area contributed by atoms with Gasteiger partial charge in [-0.3, -0.25) is 19.2 Å². The number of carbonyl (C=O) groups excluding carboxylic acids is 5. The maximum atomic E-state index is 13.1. The van der Waals surface area contributed by atoms with Gasteiger partial charge in [0.2, 0.25) is 11.8 Å². The van der Waals surface area contributed by atoms with Gasteiger partial charge in [0.15, 0.2) is 0 Å².